The molecule has 160 valence electrons. The Bertz CT molecular complexity index is 705. The van der Waals surface area contributed by atoms with Crippen molar-refractivity contribution in [2.75, 3.05) is 13.2 Å². The molecule has 0 amide bonds. The van der Waals surface area contributed by atoms with Gasteiger partial charge in [0.2, 0.25) is 0 Å². The summed E-state index contributed by atoms with van der Waals surface area (Å²) in [4.78, 5) is 0. The first-order valence-corrected chi connectivity index (χ1v) is 11.1. The van der Waals surface area contributed by atoms with Crippen LogP contribution in [0.25, 0.3) is 0 Å². The van der Waals surface area contributed by atoms with Crippen molar-refractivity contribution in [2.24, 2.45) is 5.73 Å². The lowest BCUT2D eigenvalue weighted by molar-refractivity contribution is 0.141. The van der Waals surface area contributed by atoms with Gasteiger partial charge >= 0.3 is 0 Å². The zero-order valence-corrected chi connectivity index (χ0v) is 18.1. The molecule has 0 unspecified atom stereocenters. The molecule has 0 bridgehead atoms. The minimum atomic E-state index is -0.594. The fraction of sp³-hybridized carbons (Fsp3) is 0.520. The molecule has 0 aliphatic heterocycles. The van der Waals surface area contributed by atoms with Crippen LogP contribution in [0.4, 0.5) is 0 Å². The van der Waals surface area contributed by atoms with Gasteiger partial charge in [0.05, 0.1) is 12.7 Å². The Morgan fingerprint density at radius 1 is 0.966 bits per heavy atom. The Labute approximate surface area is 176 Å². The summed E-state index contributed by atoms with van der Waals surface area (Å²) < 4.78 is 5.85. The van der Waals surface area contributed by atoms with Crippen molar-refractivity contribution >= 4 is 0 Å². The van der Waals surface area contributed by atoms with E-state index >= 15 is 0 Å². The Kier molecular flexibility index (Phi) is 10.8. The molecule has 0 aromatic heterocycles. The van der Waals surface area contributed by atoms with Crippen LogP contribution in [0, 0.1) is 0 Å². The molecule has 4 N–H and O–H groups in total. The van der Waals surface area contributed by atoms with Crippen molar-refractivity contribution in [1.82, 2.24) is 5.32 Å². The van der Waals surface area contributed by atoms with Crippen LogP contribution in [-0.2, 0) is 19.4 Å². The zero-order chi connectivity index (χ0) is 20.9. The summed E-state index contributed by atoms with van der Waals surface area (Å²) in [5.74, 6) is 0.884. The fourth-order valence-corrected chi connectivity index (χ4v) is 3.36. The van der Waals surface area contributed by atoms with Gasteiger partial charge in [-0.3, -0.25) is 0 Å². The number of rotatable bonds is 14. The van der Waals surface area contributed by atoms with E-state index in [2.05, 4.69) is 43.4 Å². The third-order valence-electron chi connectivity index (χ3n) is 5.21. The normalized spacial score (nSPS) is 13.2. The lowest BCUT2D eigenvalue weighted by Crippen LogP contribution is -2.43. The Balaban J connectivity index is 1.73. The molecule has 0 fully saturated rings. The summed E-state index contributed by atoms with van der Waals surface area (Å²) in [6.07, 6.45) is 5.85. The molecule has 2 rings (SSSR count). The third kappa shape index (κ3) is 8.99. The maximum Gasteiger partial charge on any atom is 0.119 e. The fourth-order valence-electron chi connectivity index (χ4n) is 3.36. The number of aryl methyl sites for hydroxylation is 1. The summed E-state index contributed by atoms with van der Waals surface area (Å²) in [5.41, 5.74) is 9.90. The molecule has 4 heteroatoms. The summed E-state index contributed by atoms with van der Waals surface area (Å²) in [6.45, 7) is 6.33. The van der Waals surface area contributed by atoms with Gasteiger partial charge in [-0.25, -0.2) is 0 Å². The topological polar surface area (TPSA) is 67.5 Å². The number of aliphatic hydroxyl groups excluding tert-OH is 1. The van der Waals surface area contributed by atoms with Crippen molar-refractivity contribution in [3.8, 4) is 5.75 Å². The number of benzene rings is 2. The van der Waals surface area contributed by atoms with Gasteiger partial charge in [0.25, 0.3) is 0 Å². The van der Waals surface area contributed by atoms with Crippen molar-refractivity contribution < 1.29 is 9.84 Å². The molecule has 0 saturated carbocycles. The van der Waals surface area contributed by atoms with Crippen LogP contribution >= 0.6 is 0 Å². The molecule has 0 saturated heterocycles. The molecule has 2 aromatic rings. The zero-order valence-electron chi connectivity index (χ0n) is 18.1. The summed E-state index contributed by atoms with van der Waals surface area (Å²) in [7, 11) is 0. The van der Waals surface area contributed by atoms with Crippen molar-refractivity contribution in [3.05, 3.63) is 65.2 Å². The first-order chi connectivity index (χ1) is 14.1. The molecule has 0 radical (unpaired) electrons. The van der Waals surface area contributed by atoms with Gasteiger partial charge in [0.15, 0.2) is 0 Å². The van der Waals surface area contributed by atoms with Crippen LogP contribution in [0.3, 0.4) is 0 Å². The van der Waals surface area contributed by atoms with Crippen LogP contribution < -0.4 is 15.8 Å². The van der Waals surface area contributed by atoms with Crippen LogP contribution in [0.15, 0.2) is 48.5 Å². The maximum atomic E-state index is 10.4. The number of nitrogens with one attached hydrogen (secondary N) is 1. The third-order valence-corrected chi connectivity index (χ3v) is 5.21. The molecule has 4 nitrogen and oxygen atoms in total. The minimum Gasteiger partial charge on any atom is -0.494 e. The number of hydrogen-bond donors (Lipinski definition) is 3. The highest BCUT2D eigenvalue weighted by atomic mass is 16.5. The summed E-state index contributed by atoms with van der Waals surface area (Å²) in [5, 5.41) is 13.8. The second-order valence-corrected chi connectivity index (χ2v) is 7.80. The quantitative estimate of drug-likeness (QED) is 0.417. The summed E-state index contributed by atoms with van der Waals surface area (Å²) >= 11 is 0. The van der Waals surface area contributed by atoms with Crippen LogP contribution in [0.1, 0.15) is 56.2 Å². The van der Waals surface area contributed by atoms with Crippen LogP contribution in [0.5, 0.6) is 5.75 Å². The molecule has 0 spiro atoms. The molecular formula is C25H38N2O2. The van der Waals surface area contributed by atoms with E-state index in [-0.39, 0.29) is 6.04 Å². The molecule has 29 heavy (non-hydrogen) atoms. The summed E-state index contributed by atoms with van der Waals surface area (Å²) in [6, 6.07) is 16.3. The monoisotopic (exact) mass is 398 g/mol. The Hall–Kier alpha value is -1.88. The van der Waals surface area contributed by atoms with E-state index in [9.17, 15) is 5.11 Å². The first-order valence-electron chi connectivity index (χ1n) is 11.1. The SMILES string of the molecule is CCCCCCOc1cccc(C[C@H](N)[C@H](O)CNCc2cccc(CC)c2)c1. The average Bonchev–Trinajstić information content (AvgIpc) is 2.74. The largest absolute Gasteiger partial charge is 0.494 e. The second-order valence-electron chi connectivity index (χ2n) is 7.80. The standard InChI is InChI=1S/C25H38N2O2/c1-3-5-6-7-14-29-23-13-9-11-21(16-23)17-24(26)25(28)19-27-18-22-12-8-10-20(4-2)15-22/h8-13,15-16,24-25,27-28H,3-7,14,17-19,26H2,1-2H3/t24-,25+/m0/s1. The van der Waals surface area contributed by atoms with E-state index in [1.165, 1.54) is 30.4 Å². The van der Waals surface area contributed by atoms with E-state index in [4.69, 9.17) is 10.5 Å². The Morgan fingerprint density at radius 2 is 1.72 bits per heavy atom. The maximum absolute atomic E-state index is 10.4. The van der Waals surface area contributed by atoms with Crippen LogP contribution in [0.2, 0.25) is 0 Å². The molecule has 0 aliphatic carbocycles. The van der Waals surface area contributed by atoms with Crippen molar-refractivity contribution in [2.45, 2.75) is 71.1 Å². The lowest BCUT2D eigenvalue weighted by atomic mass is 10.0. The first kappa shape index (κ1) is 23.4. The highest BCUT2D eigenvalue weighted by Crippen LogP contribution is 2.16. The molecule has 2 aromatic carbocycles. The van der Waals surface area contributed by atoms with Gasteiger partial charge in [0, 0.05) is 19.1 Å². The lowest BCUT2D eigenvalue weighted by Gasteiger charge is -2.20. The predicted octanol–water partition coefficient (Wildman–Crippen LogP) is 4.23. The van der Waals surface area contributed by atoms with Crippen LogP contribution in [-0.4, -0.2) is 30.4 Å². The smallest absolute Gasteiger partial charge is 0.119 e. The van der Waals surface area contributed by atoms with E-state index in [0.29, 0.717) is 13.0 Å². The van der Waals surface area contributed by atoms with E-state index in [1.54, 1.807) is 0 Å². The van der Waals surface area contributed by atoms with Crippen molar-refractivity contribution in [1.29, 1.82) is 0 Å². The molecule has 2 atom stereocenters. The van der Waals surface area contributed by atoms with Gasteiger partial charge < -0.3 is 20.9 Å². The van der Waals surface area contributed by atoms with Gasteiger partial charge in [0.1, 0.15) is 5.75 Å². The number of hydrogen-bond acceptors (Lipinski definition) is 4. The van der Waals surface area contributed by atoms with Crippen molar-refractivity contribution in [3.63, 3.8) is 0 Å². The number of ether oxygens (including phenoxy) is 1. The van der Waals surface area contributed by atoms with E-state index < -0.39 is 6.10 Å². The van der Waals surface area contributed by atoms with Gasteiger partial charge in [-0.05, 0) is 48.1 Å². The molecule has 0 aliphatic rings. The van der Waals surface area contributed by atoms with Gasteiger partial charge in [-0.2, -0.15) is 0 Å². The Morgan fingerprint density at radius 3 is 2.52 bits per heavy atom. The minimum absolute atomic E-state index is 0.315. The molecular weight excluding hydrogens is 360 g/mol. The van der Waals surface area contributed by atoms with Gasteiger partial charge in [-0.15, -0.1) is 0 Å². The second kappa shape index (κ2) is 13.4. The number of aliphatic hydroxyl groups is 1. The number of nitrogens with two attached hydrogens (primary N) is 1. The van der Waals surface area contributed by atoms with Gasteiger partial charge in [-0.1, -0.05) is 69.5 Å². The number of unbranched alkanes of at least 4 members (excludes halogenated alkanes) is 3. The van der Waals surface area contributed by atoms with E-state index in [0.717, 1.165) is 37.3 Å². The van der Waals surface area contributed by atoms with E-state index in [1.807, 2.05) is 24.3 Å². The highest BCUT2D eigenvalue weighted by molar-refractivity contribution is 5.29. The molecule has 0 heterocycles. The average molecular weight is 399 g/mol. The predicted molar refractivity (Wildman–Crippen MR) is 121 cm³/mol. The highest BCUT2D eigenvalue weighted by Gasteiger charge is 2.15.